The van der Waals surface area contributed by atoms with Gasteiger partial charge in [0.2, 0.25) is 11.0 Å². The molecular formula is C81H154Cl6N24Na2O30PS-. The molecule has 0 saturated heterocycles. The Hall–Kier alpha value is -9.34. The number of aromatic nitrogens is 11. The van der Waals surface area contributed by atoms with E-state index in [1.807, 2.05) is 187 Å². The van der Waals surface area contributed by atoms with E-state index >= 15 is 0 Å². The van der Waals surface area contributed by atoms with Crippen LogP contribution in [0.25, 0.3) is 0 Å². The number of nitriles is 1. The van der Waals surface area contributed by atoms with Crippen molar-refractivity contribution in [1.82, 2.24) is 67.3 Å². The molecule has 6 aromatic heterocycles. The van der Waals surface area contributed by atoms with Gasteiger partial charge < -0.3 is 105 Å². The Bertz CT molecular complexity index is 4810. The number of nitrogen functional groups attached to an aromatic ring is 3. The Balaban J connectivity index is -0.0000000644. The molecule has 0 aromatic carbocycles. The van der Waals surface area contributed by atoms with Crippen LogP contribution in [0.5, 0.6) is 0 Å². The standard InChI is InChI=1S/C8H10ClN3O2.C8H12N4O2.C8H14N4.C8H11N3O3.C8H12N2O.C7H9NO3.C7H15NO.C5H12N2.C5H9N.C5H7O2.C4H8O2.C3H6O2.C2H6O.C2H5O.CH4.Cl3OP.2ClH.HNO3.2H3N.2Na.H2O4S.2H2O/c2*1-8(2,3)7-10-4-5(12(13)14)6(9)11-7;1-8(2,3)7-11-4-5(9)6(10)12-7;1-8(2,3)7-9-4-5(11(13)14)6(12)10-7;1-8(2,3)7-9-5-4-6(11)10-7;1-4(2)6-3-5(7(9)10)8-11-6;1-5-9-6(8)7(2,3)4;1-5(2,3)4(6)7;1-5(2,3)4-6;1-3-5(6)7-4-2;1-3-6-4(2)5;1-2-5-3-4;2*1-2-3;;1-5(2,3)4;;;2-1(3)4;;;;;1-5(2,3)4;;/h4H,1-3H3;4H,1-3H3,(H2,9,10,11);4H,9H2,1-3H3,(H2,10,11,12);4H,1-3H3,(H,9,10,12);4-5H,1-3H3,(H,9,10,11);3-4H,1-2H3,(H,9,10);8H,5H2,1-4H3;1-3H3,(H3,6,7);1-3H3;1,3H,4H2,2H3;3H2,1-2H3;3H,2H2,1H3;3H,2H2,1H3;2H2,1H3;1H4;;2*1H;(H,2,3,4);2*1H3;;;(H2,1,2,3,4);2*1H2/q;;;;;;;;;-1;;;;-1;;;;;;;;2*+1;;;/p-1. The Morgan fingerprint density at radius 1 is 0.641 bits per heavy atom. The maximum absolute atomic E-state index is 11.2. The van der Waals surface area contributed by atoms with Crippen LogP contribution in [0.4, 0.5) is 34.4 Å². The van der Waals surface area contributed by atoms with Gasteiger partial charge >= 0.3 is 109 Å². The van der Waals surface area contributed by atoms with Crippen molar-refractivity contribution in [3.63, 3.8) is 0 Å². The number of nitro groups is 3. The largest absolute Gasteiger partial charge is 1.00 e. The smallest absolute Gasteiger partial charge is 0.870 e. The summed E-state index contributed by atoms with van der Waals surface area (Å²) in [6.07, 6.45) is 7.23. The monoisotopic (exact) mass is 2260 g/mol. The molecule has 6 aromatic rings. The zero-order valence-electron chi connectivity index (χ0n) is 88.3. The fraction of sp³-hybridized carbons (Fsp3) is 0.605. The number of esters is 2. The third kappa shape index (κ3) is 121. The molecule has 6 rings (SSSR count). The third-order valence-corrected chi connectivity index (χ3v) is 12.6. The summed E-state index contributed by atoms with van der Waals surface area (Å²) in [6, 6.07) is 4.95. The number of aliphatic hydroxyl groups is 1. The molecule has 0 spiro atoms. The normalized spacial score (nSPS) is 9.72. The first-order chi connectivity index (χ1) is 61.0. The number of anilines is 3. The number of carbonyl (C=O) groups is 4. The summed E-state index contributed by atoms with van der Waals surface area (Å²) in [7, 11) is -4.67. The number of carbonyl (C=O) groups excluding carboxylic acids is 3. The van der Waals surface area contributed by atoms with Gasteiger partial charge in [-0.1, -0.05) is 190 Å². The van der Waals surface area contributed by atoms with Crippen molar-refractivity contribution in [2.45, 2.75) is 269 Å². The number of carboxylic acid groups (broad SMARTS) is 1. The van der Waals surface area contributed by atoms with Gasteiger partial charge in [0.15, 0.2) is 17.6 Å². The summed E-state index contributed by atoms with van der Waals surface area (Å²) >= 11 is 19.5. The number of nitrogens with one attached hydrogen (secondary N) is 4. The molecule has 54 nitrogen and oxygen atoms in total. The minimum absolute atomic E-state index is 0. The number of hydrogen-bond acceptors (Lipinski definition) is 42. The van der Waals surface area contributed by atoms with Crippen molar-refractivity contribution in [3.05, 3.63) is 163 Å². The van der Waals surface area contributed by atoms with E-state index in [2.05, 4.69) is 109 Å². The summed E-state index contributed by atoms with van der Waals surface area (Å²) in [5.41, 5.74) is 18.7. The molecule has 0 aliphatic rings. The number of nitrogens with two attached hydrogens (primary N) is 4. The summed E-state index contributed by atoms with van der Waals surface area (Å²) in [5, 5.41) is 92.2. The van der Waals surface area contributed by atoms with Crippen LogP contribution in [0.3, 0.4) is 0 Å². The number of aromatic amines is 2. The molecule has 0 bridgehead atoms. The van der Waals surface area contributed by atoms with Crippen molar-refractivity contribution < 1.29 is 175 Å². The molecule has 0 aliphatic carbocycles. The van der Waals surface area contributed by atoms with Gasteiger partial charge in [-0.2, -0.15) is 19.8 Å². The Morgan fingerprint density at radius 2 is 0.959 bits per heavy atom. The van der Waals surface area contributed by atoms with Crippen LogP contribution in [0.15, 0.2) is 63.3 Å². The minimum atomic E-state index is -4.67. The molecule has 64 heteroatoms. The van der Waals surface area contributed by atoms with E-state index < -0.39 is 58.6 Å². The van der Waals surface area contributed by atoms with E-state index in [0.717, 1.165) is 30.5 Å². The second-order valence-corrected chi connectivity index (χ2v) is 41.7. The summed E-state index contributed by atoms with van der Waals surface area (Å²) in [5.74, 6) is 2.79. The van der Waals surface area contributed by atoms with E-state index in [9.17, 15) is 63.7 Å². The zero-order chi connectivity index (χ0) is 111. The first kappa shape index (κ1) is 184. The van der Waals surface area contributed by atoms with Gasteiger partial charge in [-0.05, 0) is 89.1 Å². The average molecular weight is 2270 g/mol. The maximum Gasteiger partial charge on any atom is 1.00 e. The van der Waals surface area contributed by atoms with Crippen molar-refractivity contribution in [2.24, 2.45) is 22.0 Å². The summed E-state index contributed by atoms with van der Waals surface area (Å²) in [4.78, 5) is 136. The third-order valence-electron chi connectivity index (χ3n) is 12.3. The number of halogens is 6. The molecule has 0 aliphatic heterocycles. The Morgan fingerprint density at radius 3 is 1.14 bits per heavy atom. The van der Waals surface area contributed by atoms with Crippen LogP contribution in [0.2, 0.25) is 5.15 Å². The fourth-order valence-corrected chi connectivity index (χ4v) is 5.83. The van der Waals surface area contributed by atoms with E-state index in [-0.39, 0.29) is 222 Å². The number of aliphatic hydroxyl groups excluding tert-OH is 1. The van der Waals surface area contributed by atoms with E-state index in [1.54, 1.807) is 40.8 Å². The van der Waals surface area contributed by atoms with Crippen LogP contribution < -0.4 is 111 Å². The van der Waals surface area contributed by atoms with Crippen molar-refractivity contribution in [2.75, 3.05) is 56.8 Å². The number of amidine groups is 1. The molecule has 145 heavy (non-hydrogen) atoms. The average Bonchev–Trinajstić information content (AvgIpc) is 1.39. The van der Waals surface area contributed by atoms with Gasteiger partial charge in [0, 0.05) is 81.1 Å². The number of aromatic carboxylic acids is 1. The molecule has 0 amide bonds. The molecule has 0 unspecified atom stereocenters. The van der Waals surface area contributed by atoms with Crippen LogP contribution >= 0.6 is 75.3 Å². The number of H-pyrrole nitrogens is 2. The first-order valence-electron chi connectivity index (χ1n) is 39.6. The fourth-order valence-electron chi connectivity index (χ4n) is 5.63. The Kier molecular flexibility index (Phi) is 118. The van der Waals surface area contributed by atoms with E-state index in [0.29, 0.717) is 79.4 Å². The SMILES string of the molecule is C.CC(C)(C)C#N.CC(C)(C)C(=N)N.CC(C)(C)c1ncc(N)c(N)n1.CC(C)(C)c1ncc([N+](=O)[O-])c(=O)[nH]1.CC(C)(C)c1ncc([N+](=O)[O-])c(Cl)n1.CC(C)(C)c1ncc([N+](=O)[O-])c(N)n1.CC(C)(C)c1nccc(=O)[nH]1.CC(C)c1cc(C(=O)O)no1.CCO.CCOC(=N)C(C)(C)C.CCOC(C)=O.CCOC=O.CC[O-].Cl.Cl.N.N.O.O=P(Cl)(Cl)Cl.O=S(=O)(O)O.O=[N+]([O-])O.[CH-]=CC(=O)OCC.[Na+].[Na+].[OH-]. The van der Waals surface area contributed by atoms with Gasteiger partial charge in [0.05, 0.1) is 65.0 Å². The second kappa shape index (κ2) is 93.2. The maximum atomic E-state index is 11.2. The zero-order valence-corrected chi connectivity index (χ0v) is 98.7. The molecule has 834 valence electrons. The number of carboxylic acids is 1. The summed E-state index contributed by atoms with van der Waals surface area (Å²) in [6.45, 7) is 69.4. The van der Waals surface area contributed by atoms with Crippen LogP contribution in [0, 0.1) is 85.4 Å². The van der Waals surface area contributed by atoms with Crippen molar-refractivity contribution in [1.29, 1.82) is 16.1 Å². The van der Waals surface area contributed by atoms with Gasteiger partial charge in [-0.3, -0.25) is 80.6 Å². The molecule has 6 heterocycles. The van der Waals surface area contributed by atoms with E-state index in [4.69, 9.17) is 115 Å². The quantitative estimate of drug-likeness (QED) is 0.00457. The Labute approximate surface area is 924 Å². The first-order valence-corrected chi connectivity index (χ1v) is 45.8. The van der Waals surface area contributed by atoms with Crippen molar-refractivity contribution >= 4 is 156 Å². The minimum Gasteiger partial charge on any atom is -0.870 e. The van der Waals surface area contributed by atoms with Gasteiger partial charge in [-0.25, -0.2) is 44.7 Å². The number of hydrogen-bond donors (Lipinski definition) is 15. The molecular weight excluding hydrogens is 2110 g/mol. The van der Waals surface area contributed by atoms with Crippen LogP contribution in [-0.4, -0.2) is 195 Å². The molecule has 0 saturated carbocycles. The topological polar surface area (TPSA) is 955 Å². The molecule has 0 radical (unpaired) electrons. The summed E-state index contributed by atoms with van der Waals surface area (Å²) < 4.78 is 63.8. The van der Waals surface area contributed by atoms with Crippen molar-refractivity contribution in [3.8, 4) is 6.07 Å². The predicted octanol–water partition coefficient (Wildman–Crippen LogP) is 9.92. The molecule has 26 N–H and O–H groups in total. The molecule has 0 fully saturated rings. The number of nitrogens with zero attached hydrogens (tertiary/aromatic N) is 14. The van der Waals surface area contributed by atoms with Crippen LogP contribution in [0.1, 0.15) is 287 Å². The van der Waals surface area contributed by atoms with Gasteiger partial charge in [0.1, 0.15) is 59.3 Å². The number of ether oxygens (including phenoxy) is 4. The van der Waals surface area contributed by atoms with Gasteiger partial charge in [0.25, 0.3) is 17.1 Å². The van der Waals surface area contributed by atoms with Crippen LogP contribution in [-0.2, 0) is 75.4 Å². The molecule has 0 atom stereocenters. The number of rotatable bonds is 11. The van der Waals surface area contributed by atoms with Gasteiger partial charge in [-0.15, -0.1) is 41.5 Å². The predicted molar refractivity (Wildman–Crippen MR) is 554 cm³/mol. The second-order valence-electron chi connectivity index (χ2n) is 33.8. The van der Waals surface area contributed by atoms with E-state index in [1.165, 1.54) is 25.3 Å².